The molecule has 0 unspecified atom stereocenters. The number of nitrogens with one attached hydrogen (secondary N) is 1. The molecule has 7 nitrogen and oxygen atoms in total. The molecule has 0 radical (unpaired) electrons. The van der Waals surface area contributed by atoms with Gasteiger partial charge in [-0.2, -0.15) is 0 Å². The van der Waals surface area contributed by atoms with Crippen LogP contribution >= 0.6 is 22.9 Å². The van der Waals surface area contributed by atoms with Crippen LogP contribution in [-0.4, -0.2) is 31.6 Å². The molecule has 0 spiro atoms. The van der Waals surface area contributed by atoms with Crippen molar-refractivity contribution in [3.63, 3.8) is 0 Å². The first-order valence-electron chi connectivity index (χ1n) is 9.43. The summed E-state index contributed by atoms with van der Waals surface area (Å²) in [5.74, 6) is 1.15. The van der Waals surface area contributed by atoms with E-state index in [0.29, 0.717) is 47.3 Å². The lowest BCUT2D eigenvalue weighted by molar-refractivity contribution is -0.121. The Morgan fingerprint density at radius 1 is 1.17 bits per heavy atom. The molecule has 1 N–H and O–H groups in total. The van der Waals surface area contributed by atoms with Crippen molar-refractivity contribution < 1.29 is 4.79 Å². The first-order chi connectivity index (χ1) is 14.1. The Labute approximate surface area is 175 Å². The van der Waals surface area contributed by atoms with Gasteiger partial charge in [0.25, 0.3) is 5.56 Å². The molecule has 0 saturated carbocycles. The third-order valence-electron chi connectivity index (χ3n) is 4.82. The molecular weight excluding hydrogens is 410 g/mol. The fourth-order valence-corrected chi connectivity index (χ4v) is 4.29. The highest BCUT2D eigenvalue weighted by Crippen LogP contribution is 2.20. The van der Waals surface area contributed by atoms with Crippen LogP contribution in [0.3, 0.4) is 0 Å². The Kier molecular flexibility index (Phi) is 5.64. The van der Waals surface area contributed by atoms with Gasteiger partial charge >= 0.3 is 0 Å². The summed E-state index contributed by atoms with van der Waals surface area (Å²) in [5, 5.41) is 14.0. The second kappa shape index (κ2) is 8.34. The highest BCUT2D eigenvalue weighted by molar-refractivity contribution is 7.17. The first kappa shape index (κ1) is 19.6. The molecule has 0 fully saturated rings. The van der Waals surface area contributed by atoms with Crippen LogP contribution in [0.5, 0.6) is 0 Å². The van der Waals surface area contributed by atoms with E-state index in [2.05, 4.69) is 15.5 Å². The number of hydrogen-bond acceptors (Lipinski definition) is 5. The zero-order chi connectivity index (χ0) is 20.4. The molecule has 0 aliphatic heterocycles. The minimum atomic E-state index is -0.0520. The van der Waals surface area contributed by atoms with Gasteiger partial charge in [-0.1, -0.05) is 23.7 Å². The Hall–Kier alpha value is -2.71. The quantitative estimate of drug-likeness (QED) is 0.489. The topological polar surface area (TPSA) is 81.3 Å². The lowest BCUT2D eigenvalue weighted by Gasteiger charge is -2.08. The Morgan fingerprint density at radius 3 is 2.72 bits per heavy atom. The molecule has 0 aliphatic carbocycles. The number of amides is 1. The number of rotatable bonds is 7. The first-order valence-corrected chi connectivity index (χ1v) is 10.7. The third kappa shape index (κ3) is 3.90. The standard InChI is InChI=1S/C20H20ClN5O2S/c1-2-25-19(28)18-15(10-12-29-18)26-16(23-24-20(25)26)7-8-17(27)22-11-9-13-3-5-14(21)6-4-13/h3-6,10,12H,2,7-9,11H2,1H3,(H,22,27). The van der Waals surface area contributed by atoms with Crippen LogP contribution < -0.4 is 10.9 Å². The molecule has 4 rings (SSSR count). The number of carbonyl (C=O) groups excluding carboxylic acids is 1. The van der Waals surface area contributed by atoms with Gasteiger partial charge in [-0.3, -0.25) is 18.6 Å². The van der Waals surface area contributed by atoms with Crippen molar-refractivity contribution in [1.82, 2.24) is 24.5 Å². The molecule has 4 aromatic rings. The smallest absolute Gasteiger partial charge is 0.272 e. The SMILES string of the molecule is CCn1c(=O)c2sccc2n2c(CCC(=O)NCCc3ccc(Cl)cc3)nnc12. The molecule has 29 heavy (non-hydrogen) atoms. The molecule has 0 aliphatic rings. The van der Waals surface area contributed by atoms with Crippen LogP contribution in [0, 0.1) is 0 Å². The molecule has 1 amide bonds. The molecule has 0 bridgehead atoms. The molecule has 0 saturated heterocycles. The monoisotopic (exact) mass is 429 g/mol. The van der Waals surface area contributed by atoms with E-state index >= 15 is 0 Å². The summed E-state index contributed by atoms with van der Waals surface area (Å²) in [5.41, 5.74) is 1.86. The van der Waals surface area contributed by atoms with E-state index in [4.69, 9.17) is 11.6 Å². The van der Waals surface area contributed by atoms with Gasteiger partial charge in [0.05, 0.1) is 5.52 Å². The molecule has 1 aromatic carbocycles. The Balaban J connectivity index is 1.44. The van der Waals surface area contributed by atoms with E-state index in [9.17, 15) is 9.59 Å². The summed E-state index contributed by atoms with van der Waals surface area (Å²) in [7, 11) is 0. The van der Waals surface area contributed by atoms with Crippen LogP contribution in [0.4, 0.5) is 0 Å². The number of thiophene rings is 1. The number of benzene rings is 1. The van der Waals surface area contributed by atoms with Crippen LogP contribution in [0.15, 0.2) is 40.5 Å². The average Bonchev–Trinajstić information content (AvgIpc) is 3.35. The Morgan fingerprint density at radius 2 is 1.97 bits per heavy atom. The van der Waals surface area contributed by atoms with Gasteiger partial charge in [0.2, 0.25) is 11.7 Å². The molecule has 0 atom stereocenters. The maximum absolute atomic E-state index is 12.6. The molecule has 150 valence electrons. The second-order valence-corrected chi connectivity index (χ2v) is 8.01. The summed E-state index contributed by atoms with van der Waals surface area (Å²) < 4.78 is 4.17. The molecule has 3 heterocycles. The molecule has 9 heteroatoms. The molecule has 3 aromatic heterocycles. The number of hydrogen-bond donors (Lipinski definition) is 1. The average molecular weight is 430 g/mol. The van der Waals surface area contributed by atoms with Gasteiger partial charge in [-0.05, 0) is 42.5 Å². The van der Waals surface area contributed by atoms with E-state index in [1.807, 2.05) is 47.0 Å². The zero-order valence-electron chi connectivity index (χ0n) is 15.9. The Bertz CT molecular complexity index is 1230. The summed E-state index contributed by atoms with van der Waals surface area (Å²) in [4.78, 5) is 24.9. The van der Waals surface area contributed by atoms with Crippen molar-refractivity contribution >= 4 is 44.8 Å². The van der Waals surface area contributed by atoms with Crippen LogP contribution in [0.1, 0.15) is 24.7 Å². The van der Waals surface area contributed by atoms with Crippen molar-refractivity contribution in [3.05, 3.63) is 62.5 Å². The maximum Gasteiger partial charge on any atom is 0.272 e. The normalized spacial score (nSPS) is 11.4. The van der Waals surface area contributed by atoms with Gasteiger partial charge < -0.3 is 5.32 Å². The number of aromatic nitrogens is 4. The van der Waals surface area contributed by atoms with E-state index in [0.717, 1.165) is 17.5 Å². The number of fused-ring (bicyclic) bond motifs is 3. The number of halogens is 1. The van der Waals surface area contributed by atoms with Gasteiger partial charge in [0, 0.05) is 31.0 Å². The third-order valence-corrected chi connectivity index (χ3v) is 5.96. The summed E-state index contributed by atoms with van der Waals surface area (Å²) in [6, 6.07) is 9.49. The van der Waals surface area contributed by atoms with Crippen molar-refractivity contribution in [1.29, 1.82) is 0 Å². The van der Waals surface area contributed by atoms with Gasteiger partial charge in [-0.25, -0.2) is 0 Å². The number of nitrogens with zero attached hydrogens (tertiary/aromatic N) is 4. The maximum atomic E-state index is 12.6. The highest BCUT2D eigenvalue weighted by atomic mass is 35.5. The lowest BCUT2D eigenvalue weighted by Crippen LogP contribution is -2.26. The van der Waals surface area contributed by atoms with Crippen molar-refractivity contribution in [2.75, 3.05) is 6.54 Å². The summed E-state index contributed by atoms with van der Waals surface area (Å²) >= 11 is 7.29. The van der Waals surface area contributed by atoms with E-state index in [-0.39, 0.29) is 11.5 Å². The fraction of sp³-hybridized carbons (Fsp3) is 0.300. The van der Waals surface area contributed by atoms with E-state index in [1.54, 1.807) is 4.57 Å². The van der Waals surface area contributed by atoms with Crippen molar-refractivity contribution in [2.45, 2.75) is 32.7 Å². The van der Waals surface area contributed by atoms with E-state index < -0.39 is 0 Å². The summed E-state index contributed by atoms with van der Waals surface area (Å²) in [6.07, 6.45) is 1.49. The zero-order valence-corrected chi connectivity index (χ0v) is 17.5. The molecular formula is C20H20ClN5O2S. The highest BCUT2D eigenvalue weighted by Gasteiger charge is 2.17. The predicted octanol–water partition coefficient (Wildman–Crippen LogP) is 3.07. The second-order valence-electron chi connectivity index (χ2n) is 6.66. The number of aryl methyl sites for hydroxylation is 2. The van der Waals surface area contributed by atoms with Crippen LogP contribution in [0.25, 0.3) is 16.0 Å². The van der Waals surface area contributed by atoms with Crippen molar-refractivity contribution in [2.24, 2.45) is 0 Å². The predicted molar refractivity (Wildman–Crippen MR) is 115 cm³/mol. The van der Waals surface area contributed by atoms with Gasteiger partial charge in [-0.15, -0.1) is 21.5 Å². The minimum absolute atomic E-state index is 0.0407. The summed E-state index contributed by atoms with van der Waals surface area (Å²) in [6.45, 7) is 2.98. The fourth-order valence-electron chi connectivity index (χ4n) is 3.34. The van der Waals surface area contributed by atoms with Crippen LogP contribution in [0.2, 0.25) is 5.02 Å². The van der Waals surface area contributed by atoms with Crippen molar-refractivity contribution in [3.8, 4) is 0 Å². The lowest BCUT2D eigenvalue weighted by atomic mass is 10.1. The number of carbonyl (C=O) groups is 1. The van der Waals surface area contributed by atoms with Gasteiger partial charge in [0.1, 0.15) is 10.5 Å². The van der Waals surface area contributed by atoms with Crippen LogP contribution in [-0.2, 0) is 24.2 Å². The minimum Gasteiger partial charge on any atom is -0.356 e. The largest absolute Gasteiger partial charge is 0.356 e. The van der Waals surface area contributed by atoms with Gasteiger partial charge in [0.15, 0.2) is 0 Å². The van der Waals surface area contributed by atoms with E-state index in [1.165, 1.54) is 11.3 Å².